The van der Waals surface area contributed by atoms with Crippen molar-refractivity contribution in [3.05, 3.63) is 0 Å². The van der Waals surface area contributed by atoms with Gasteiger partial charge in [-0.2, -0.15) is 5.26 Å². The van der Waals surface area contributed by atoms with Gasteiger partial charge in [-0.15, -0.1) is 0 Å². The molecule has 1 nitrogen and oxygen atoms in total. The molecule has 0 aliphatic heterocycles. The third-order valence-electron chi connectivity index (χ3n) is 1.59. The van der Waals surface area contributed by atoms with Crippen LogP contribution in [0.15, 0.2) is 0 Å². The molecule has 0 radical (unpaired) electrons. The fraction of sp³-hybridized carbons (Fsp3) is 0.857. The van der Waals surface area contributed by atoms with Crippen LogP contribution in [0.1, 0.15) is 35.3 Å². The number of rotatable bonds is 2. The topological polar surface area (TPSA) is 23.8 Å². The summed E-state index contributed by atoms with van der Waals surface area (Å²) in [6, 6.07) is 1.88. The van der Waals surface area contributed by atoms with Crippen molar-refractivity contribution in [2.75, 3.05) is 0 Å². The van der Waals surface area contributed by atoms with Crippen LogP contribution in [0.4, 0.5) is 0 Å². The van der Waals surface area contributed by atoms with Gasteiger partial charge in [0.1, 0.15) is 0 Å². The number of nitrogens with zero attached hydrogens (tertiary/aromatic N) is 1. The van der Waals surface area contributed by atoms with Crippen molar-refractivity contribution >= 4 is 0 Å². The van der Waals surface area contributed by atoms with E-state index in [4.69, 9.17) is 8.00 Å². The van der Waals surface area contributed by atoms with Crippen molar-refractivity contribution in [1.29, 1.82) is 5.26 Å². The molecule has 1 aliphatic rings. The third kappa shape index (κ3) is 1.23. The number of nitriles is 1. The molecular formula is C7H11N. The molecule has 1 aliphatic carbocycles. The van der Waals surface area contributed by atoms with Crippen LogP contribution in [-0.4, -0.2) is 0 Å². The fourth-order valence-electron chi connectivity index (χ4n) is 0.617. The lowest BCUT2D eigenvalue weighted by atomic mass is 10.0. The normalized spacial score (nSPS) is 27.5. The van der Waals surface area contributed by atoms with E-state index in [2.05, 4.69) is 0 Å². The molecular weight excluding hydrogens is 98.1 g/mol. The van der Waals surface area contributed by atoms with Gasteiger partial charge in [-0.25, -0.2) is 0 Å². The minimum Gasteiger partial charge on any atom is -0.198 e. The summed E-state index contributed by atoms with van der Waals surface area (Å²) in [5, 5.41) is 8.30. The van der Waals surface area contributed by atoms with Crippen molar-refractivity contribution in [3.63, 3.8) is 0 Å². The summed E-state index contributed by atoms with van der Waals surface area (Å²) in [5.41, 5.74) is -0.192. The quantitative estimate of drug-likeness (QED) is 0.535. The Hall–Kier alpha value is -0.510. The van der Waals surface area contributed by atoms with E-state index in [0.717, 1.165) is 12.8 Å². The van der Waals surface area contributed by atoms with Crippen LogP contribution in [0.2, 0.25) is 0 Å². The second-order valence-electron chi connectivity index (χ2n) is 2.57. The first-order valence-corrected chi connectivity index (χ1v) is 2.89. The second kappa shape index (κ2) is 1.78. The highest BCUT2D eigenvalue weighted by atomic mass is 14.4. The van der Waals surface area contributed by atoms with E-state index in [0.29, 0.717) is 0 Å². The molecule has 0 unspecified atom stereocenters. The number of hydrogen-bond acceptors (Lipinski definition) is 1. The Morgan fingerprint density at radius 3 is 2.88 bits per heavy atom. The van der Waals surface area contributed by atoms with Gasteiger partial charge in [0.2, 0.25) is 0 Å². The van der Waals surface area contributed by atoms with Crippen LogP contribution in [0.5, 0.6) is 0 Å². The lowest BCUT2D eigenvalue weighted by Gasteiger charge is -2.00. The molecule has 0 aromatic carbocycles. The Morgan fingerprint density at radius 2 is 2.50 bits per heavy atom. The largest absolute Gasteiger partial charge is 0.198 e. The molecule has 1 fully saturated rings. The van der Waals surface area contributed by atoms with Gasteiger partial charge in [-0.3, -0.25) is 0 Å². The predicted molar refractivity (Wildman–Crippen MR) is 32.2 cm³/mol. The Bertz CT molecular complexity index is 177. The molecule has 1 rings (SSSR count). The lowest BCUT2D eigenvalue weighted by molar-refractivity contribution is 0.527. The molecule has 0 aromatic heterocycles. The van der Waals surface area contributed by atoms with Crippen LogP contribution in [0.25, 0.3) is 0 Å². The summed E-state index contributed by atoms with van der Waals surface area (Å²) < 4.78 is 15.0. The van der Waals surface area contributed by atoms with E-state index in [1.165, 1.54) is 0 Å². The van der Waals surface area contributed by atoms with Crippen LogP contribution in [-0.2, 0) is 0 Å². The summed E-state index contributed by atoms with van der Waals surface area (Å²) in [6.07, 6.45) is 0.634. The van der Waals surface area contributed by atoms with Gasteiger partial charge in [-0.1, -0.05) is 6.92 Å². The van der Waals surface area contributed by atoms with E-state index in [-0.39, 0.29) is 11.8 Å². The Balaban J connectivity index is 2.60. The molecule has 0 saturated heterocycles. The second-order valence-corrected chi connectivity index (χ2v) is 2.57. The maximum absolute atomic E-state index is 8.30. The van der Waals surface area contributed by atoms with Crippen LogP contribution >= 0.6 is 0 Å². The molecule has 0 N–H and O–H groups in total. The van der Waals surface area contributed by atoms with Gasteiger partial charge in [0, 0.05) is 9.16 Å². The maximum Gasteiger partial charge on any atom is 0.0621 e. The standard InChI is InChI=1S/C7H11N/c1-7(4-5-7)3-2-6-8/h2-5H2,1H3/i3D2. The Morgan fingerprint density at radius 1 is 1.88 bits per heavy atom. The first-order valence-electron chi connectivity index (χ1n) is 3.89. The van der Waals surface area contributed by atoms with E-state index >= 15 is 0 Å². The maximum atomic E-state index is 8.30. The zero-order valence-corrected chi connectivity index (χ0v) is 5.07. The highest BCUT2D eigenvalue weighted by molar-refractivity contribution is 4.90. The Labute approximate surface area is 53.1 Å². The molecule has 0 heterocycles. The summed E-state index contributed by atoms with van der Waals surface area (Å²) in [4.78, 5) is 0. The van der Waals surface area contributed by atoms with Crippen molar-refractivity contribution in [3.8, 4) is 6.07 Å². The monoisotopic (exact) mass is 111 g/mol. The highest BCUT2D eigenvalue weighted by Gasteiger charge is 2.35. The predicted octanol–water partition coefficient (Wildman–Crippen LogP) is 2.09. The van der Waals surface area contributed by atoms with Crippen LogP contribution < -0.4 is 0 Å². The molecule has 1 heteroatoms. The highest BCUT2D eigenvalue weighted by Crippen LogP contribution is 2.48. The van der Waals surface area contributed by atoms with Crippen molar-refractivity contribution < 1.29 is 2.74 Å². The van der Waals surface area contributed by atoms with Gasteiger partial charge in [-0.05, 0) is 24.6 Å². The minimum atomic E-state index is -1.26. The fourth-order valence-corrected chi connectivity index (χ4v) is 0.617. The van der Waals surface area contributed by atoms with Crippen LogP contribution in [0, 0.1) is 16.7 Å². The number of hydrogen-bond donors (Lipinski definition) is 0. The average molecular weight is 111 g/mol. The molecule has 0 amide bonds. The molecule has 0 atom stereocenters. The molecule has 0 spiro atoms. The molecule has 0 aromatic rings. The average Bonchev–Trinajstić information content (AvgIpc) is 2.49. The molecule has 8 heavy (non-hydrogen) atoms. The van der Waals surface area contributed by atoms with Crippen molar-refractivity contribution in [2.24, 2.45) is 5.41 Å². The smallest absolute Gasteiger partial charge is 0.0621 e. The van der Waals surface area contributed by atoms with E-state index in [1.54, 1.807) is 0 Å². The molecule has 0 bridgehead atoms. The SMILES string of the molecule is [2H]C([2H])(CC#N)C1(C)CC1. The van der Waals surface area contributed by atoms with Crippen LogP contribution in [0.3, 0.4) is 0 Å². The van der Waals surface area contributed by atoms with E-state index in [1.807, 2.05) is 13.0 Å². The van der Waals surface area contributed by atoms with Crippen molar-refractivity contribution in [2.45, 2.75) is 32.6 Å². The Kier molecular flexibility index (Phi) is 0.778. The zero-order valence-electron chi connectivity index (χ0n) is 7.07. The third-order valence-corrected chi connectivity index (χ3v) is 1.59. The minimum absolute atomic E-state index is 0.0312. The summed E-state index contributed by atoms with van der Waals surface area (Å²) in [5.74, 6) is 0. The summed E-state index contributed by atoms with van der Waals surface area (Å²) in [7, 11) is 0. The zero-order chi connectivity index (χ0) is 7.83. The van der Waals surface area contributed by atoms with E-state index < -0.39 is 6.37 Å². The van der Waals surface area contributed by atoms with Gasteiger partial charge in [0.15, 0.2) is 0 Å². The molecule has 1 saturated carbocycles. The van der Waals surface area contributed by atoms with Gasteiger partial charge < -0.3 is 0 Å². The molecule has 44 valence electrons. The van der Waals surface area contributed by atoms with Gasteiger partial charge in [0.25, 0.3) is 0 Å². The summed E-state index contributed by atoms with van der Waals surface area (Å²) >= 11 is 0. The lowest BCUT2D eigenvalue weighted by Crippen LogP contribution is -1.89. The van der Waals surface area contributed by atoms with E-state index in [9.17, 15) is 0 Å². The van der Waals surface area contributed by atoms with Crippen molar-refractivity contribution in [1.82, 2.24) is 0 Å². The first-order chi connectivity index (χ1) is 4.52. The first kappa shape index (κ1) is 3.50. The van der Waals surface area contributed by atoms with Gasteiger partial charge >= 0.3 is 0 Å². The van der Waals surface area contributed by atoms with Gasteiger partial charge in [0.05, 0.1) is 6.07 Å². The summed E-state index contributed by atoms with van der Waals surface area (Å²) in [6.45, 7) is 1.91.